The third kappa shape index (κ3) is 2.34. The zero-order valence-electron chi connectivity index (χ0n) is 11.0. The summed E-state index contributed by atoms with van der Waals surface area (Å²) in [4.78, 5) is 36.1. The molecule has 0 spiro atoms. The second-order valence-electron chi connectivity index (χ2n) is 4.58. The van der Waals surface area contributed by atoms with Crippen molar-refractivity contribution in [3.05, 3.63) is 23.1 Å². The average Bonchev–Trinajstić information content (AvgIpc) is 2.48. The highest BCUT2D eigenvalue weighted by Gasteiger charge is 2.40. The normalized spacial score (nSPS) is 18.2. The molecule has 1 rings (SSSR count). The molecule has 0 bridgehead atoms. The second-order valence-corrected chi connectivity index (χ2v) is 4.58. The minimum atomic E-state index is -0.737. The summed E-state index contributed by atoms with van der Waals surface area (Å²) in [6.07, 6.45) is 1.60. The van der Waals surface area contributed by atoms with Gasteiger partial charge in [0.1, 0.15) is 5.57 Å². The van der Waals surface area contributed by atoms with Crippen molar-refractivity contribution >= 4 is 17.6 Å². The van der Waals surface area contributed by atoms with Crippen molar-refractivity contribution in [2.75, 3.05) is 0 Å². The van der Waals surface area contributed by atoms with Crippen LogP contribution in [0.4, 0.5) is 0 Å². The number of hydrogen-bond acceptors (Lipinski definition) is 4. The number of aliphatic hydroxyl groups is 1. The van der Waals surface area contributed by atoms with Crippen LogP contribution in [-0.2, 0) is 14.4 Å². The number of imide groups is 1. The Morgan fingerprint density at radius 1 is 1.39 bits per heavy atom. The number of hydrogen-bond donors (Lipinski definition) is 1. The Labute approximate surface area is 106 Å². The van der Waals surface area contributed by atoms with Gasteiger partial charge in [0.25, 0.3) is 5.91 Å². The van der Waals surface area contributed by atoms with Gasteiger partial charge in [-0.1, -0.05) is 19.9 Å². The van der Waals surface area contributed by atoms with E-state index in [0.717, 1.165) is 4.90 Å². The third-order valence-electron chi connectivity index (χ3n) is 2.60. The Kier molecular flexibility index (Phi) is 4.06. The molecule has 1 N–H and O–H groups in total. The van der Waals surface area contributed by atoms with Crippen LogP contribution in [0.5, 0.6) is 0 Å². The predicted molar refractivity (Wildman–Crippen MR) is 65.4 cm³/mol. The van der Waals surface area contributed by atoms with Gasteiger partial charge < -0.3 is 5.11 Å². The van der Waals surface area contributed by atoms with Crippen molar-refractivity contribution in [2.45, 2.75) is 34.1 Å². The maximum atomic E-state index is 12.0. The number of Topliss-reactive ketones (excluding diaryl/α,β-unsaturated/α-hetero) is 1. The molecular formula is C13H17NO4. The van der Waals surface area contributed by atoms with Crippen LogP contribution >= 0.6 is 0 Å². The minimum absolute atomic E-state index is 0.0750. The lowest BCUT2D eigenvalue weighted by Crippen LogP contribution is -2.32. The fourth-order valence-corrected chi connectivity index (χ4v) is 1.86. The van der Waals surface area contributed by atoms with Crippen LogP contribution in [0.3, 0.4) is 0 Å². The van der Waals surface area contributed by atoms with Crippen LogP contribution in [0.2, 0.25) is 0 Å². The first-order valence-electron chi connectivity index (χ1n) is 5.79. The topological polar surface area (TPSA) is 74.7 Å². The number of allylic oxidation sites excluding steroid dienone is 1. The maximum absolute atomic E-state index is 12.0. The monoisotopic (exact) mass is 251 g/mol. The molecule has 5 heteroatoms. The molecule has 0 atom stereocenters. The fourth-order valence-electron chi connectivity index (χ4n) is 1.86. The molecule has 0 aromatic heterocycles. The Morgan fingerprint density at radius 2 is 1.94 bits per heavy atom. The van der Waals surface area contributed by atoms with Crippen molar-refractivity contribution in [1.82, 2.24) is 4.90 Å². The van der Waals surface area contributed by atoms with Crippen molar-refractivity contribution in [3.63, 3.8) is 0 Å². The third-order valence-corrected chi connectivity index (χ3v) is 2.60. The van der Waals surface area contributed by atoms with Crippen LogP contribution in [0.1, 0.15) is 34.1 Å². The van der Waals surface area contributed by atoms with Gasteiger partial charge in [-0.2, -0.15) is 0 Å². The van der Waals surface area contributed by atoms with E-state index in [1.165, 1.54) is 13.0 Å². The molecule has 0 aromatic rings. The van der Waals surface area contributed by atoms with Crippen molar-refractivity contribution < 1.29 is 19.5 Å². The fraction of sp³-hybridized carbons (Fsp3) is 0.462. The first kappa shape index (κ1) is 14.2. The summed E-state index contributed by atoms with van der Waals surface area (Å²) in [5.74, 6) is -2.02. The molecule has 0 radical (unpaired) electrons. The molecule has 2 amide bonds. The van der Waals surface area contributed by atoms with Crippen LogP contribution in [-0.4, -0.2) is 27.6 Å². The first-order chi connectivity index (χ1) is 8.31. The molecule has 0 aromatic carbocycles. The Morgan fingerprint density at radius 3 is 2.28 bits per heavy atom. The quantitative estimate of drug-likeness (QED) is 0.775. The zero-order chi connectivity index (χ0) is 14.0. The smallest absolute Gasteiger partial charge is 0.272 e. The van der Waals surface area contributed by atoms with Gasteiger partial charge in [-0.25, -0.2) is 4.90 Å². The highest BCUT2D eigenvalue weighted by Crippen LogP contribution is 2.29. The van der Waals surface area contributed by atoms with E-state index < -0.39 is 23.4 Å². The lowest BCUT2D eigenvalue weighted by Gasteiger charge is -2.13. The summed E-state index contributed by atoms with van der Waals surface area (Å²) >= 11 is 0. The SMILES string of the molecule is C/C=C1\C(O)=C(C(=O)CC(C)C)C(=O)N1C(C)=O. The molecule has 1 heterocycles. The van der Waals surface area contributed by atoms with Crippen LogP contribution < -0.4 is 0 Å². The molecule has 0 saturated carbocycles. The van der Waals surface area contributed by atoms with Gasteiger partial charge >= 0.3 is 0 Å². The lowest BCUT2D eigenvalue weighted by molar-refractivity contribution is -0.138. The first-order valence-corrected chi connectivity index (χ1v) is 5.79. The molecular weight excluding hydrogens is 234 g/mol. The minimum Gasteiger partial charge on any atom is -0.505 e. The molecule has 98 valence electrons. The Hall–Kier alpha value is -1.91. The zero-order valence-corrected chi connectivity index (χ0v) is 11.0. The van der Waals surface area contributed by atoms with Crippen LogP contribution in [0.25, 0.3) is 0 Å². The van der Waals surface area contributed by atoms with Crippen molar-refractivity contribution in [1.29, 1.82) is 0 Å². The van der Waals surface area contributed by atoms with E-state index in [2.05, 4.69) is 0 Å². The van der Waals surface area contributed by atoms with Gasteiger partial charge in [0.15, 0.2) is 11.5 Å². The van der Waals surface area contributed by atoms with E-state index in [0.29, 0.717) is 0 Å². The van der Waals surface area contributed by atoms with Gasteiger partial charge in [-0.05, 0) is 12.8 Å². The number of rotatable bonds is 3. The van der Waals surface area contributed by atoms with Gasteiger partial charge in [0.2, 0.25) is 5.91 Å². The highest BCUT2D eigenvalue weighted by molar-refractivity contribution is 6.25. The van der Waals surface area contributed by atoms with Crippen LogP contribution in [0.15, 0.2) is 23.1 Å². The van der Waals surface area contributed by atoms with E-state index in [1.807, 2.05) is 13.8 Å². The number of nitrogens with zero attached hydrogens (tertiary/aromatic N) is 1. The van der Waals surface area contributed by atoms with Gasteiger partial charge in [0, 0.05) is 13.3 Å². The summed E-state index contributed by atoms with van der Waals surface area (Å²) in [5.41, 5.74) is -0.202. The molecule has 0 fully saturated rings. The molecule has 5 nitrogen and oxygen atoms in total. The molecule has 0 unspecified atom stereocenters. The number of carbonyl (C=O) groups excluding carboxylic acids is 3. The molecule has 0 aliphatic carbocycles. The molecule has 1 aliphatic heterocycles. The highest BCUT2D eigenvalue weighted by atomic mass is 16.3. The Balaban J connectivity index is 3.20. The van der Waals surface area contributed by atoms with E-state index in [1.54, 1.807) is 6.92 Å². The summed E-state index contributed by atoms with van der Waals surface area (Å²) in [6.45, 7) is 6.48. The molecule has 1 aliphatic rings. The number of carbonyl (C=O) groups is 3. The van der Waals surface area contributed by atoms with E-state index in [9.17, 15) is 19.5 Å². The second kappa shape index (κ2) is 5.16. The molecule has 0 saturated heterocycles. The number of aliphatic hydroxyl groups excluding tert-OH is 1. The molecule has 18 heavy (non-hydrogen) atoms. The van der Waals surface area contributed by atoms with Crippen molar-refractivity contribution in [2.24, 2.45) is 5.92 Å². The predicted octanol–water partition coefficient (Wildman–Crippen LogP) is 1.71. The summed E-state index contributed by atoms with van der Waals surface area (Å²) < 4.78 is 0. The van der Waals surface area contributed by atoms with E-state index in [4.69, 9.17) is 0 Å². The van der Waals surface area contributed by atoms with E-state index in [-0.39, 0.29) is 23.6 Å². The summed E-state index contributed by atoms with van der Waals surface area (Å²) in [6, 6.07) is 0. The average molecular weight is 251 g/mol. The standard InChI is InChI=1S/C13H17NO4/c1-5-9-12(17)11(10(16)6-7(2)3)13(18)14(9)8(4)15/h5,7,17H,6H2,1-4H3/b9-5+. The summed E-state index contributed by atoms with van der Waals surface area (Å²) in [5, 5.41) is 9.90. The van der Waals surface area contributed by atoms with Gasteiger partial charge in [-0.3, -0.25) is 14.4 Å². The largest absolute Gasteiger partial charge is 0.505 e. The van der Waals surface area contributed by atoms with Crippen LogP contribution in [0, 0.1) is 5.92 Å². The Bertz CT molecular complexity index is 471. The lowest BCUT2D eigenvalue weighted by atomic mass is 10.0. The maximum Gasteiger partial charge on any atom is 0.272 e. The van der Waals surface area contributed by atoms with E-state index >= 15 is 0 Å². The number of ketones is 1. The number of amides is 2. The summed E-state index contributed by atoms with van der Waals surface area (Å²) in [7, 11) is 0. The van der Waals surface area contributed by atoms with Crippen molar-refractivity contribution in [3.8, 4) is 0 Å². The van der Waals surface area contributed by atoms with Gasteiger partial charge in [-0.15, -0.1) is 0 Å². The van der Waals surface area contributed by atoms with Gasteiger partial charge in [0.05, 0.1) is 5.70 Å².